The van der Waals surface area contributed by atoms with Crippen molar-refractivity contribution in [1.82, 2.24) is 20.5 Å². The van der Waals surface area contributed by atoms with Gasteiger partial charge in [-0.05, 0) is 37.6 Å². The molecule has 2 fully saturated rings. The molecule has 1 aromatic heterocycles. The van der Waals surface area contributed by atoms with E-state index in [1.165, 1.54) is 24.0 Å². The Hall–Kier alpha value is -2.64. The van der Waals surface area contributed by atoms with Crippen LogP contribution >= 0.6 is 0 Å². The van der Waals surface area contributed by atoms with E-state index in [4.69, 9.17) is 4.74 Å². The number of pyridine rings is 1. The van der Waals surface area contributed by atoms with Gasteiger partial charge in [0.1, 0.15) is 5.82 Å². The second-order valence-corrected chi connectivity index (χ2v) is 8.06. The Bertz CT molecular complexity index is 831. The number of benzene rings is 1. The molecule has 1 unspecified atom stereocenters. The van der Waals surface area contributed by atoms with Gasteiger partial charge in [0, 0.05) is 45.0 Å². The Kier molecular flexibility index (Phi) is 7.74. The van der Waals surface area contributed by atoms with E-state index >= 15 is 0 Å². The maximum absolute atomic E-state index is 5.49. The molecule has 31 heavy (non-hydrogen) atoms. The lowest BCUT2D eigenvalue weighted by Crippen LogP contribution is -2.43. The van der Waals surface area contributed by atoms with E-state index < -0.39 is 0 Å². The summed E-state index contributed by atoms with van der Waals surface area (Å²) in [4.78, 5) is 14.0. The average molecular weight is 423 g/mol. The minimum absolute atomic E-state index is 0.351. The first-order chi connectivity index (χ1) is 15.3. The number of ether oxygens (including phenoxy) is 1. The minimum Gasteiger partial charge on any atom is -0.378 e. The molecule has 0 bridgehead atoms. The summed E-state index contributed by atoms with van der Waals surface area (Å²) in [5.41, 5.74) is 2.53. The minimum atomic E-state index is 0.351. The van der Waals surface area contributed by atoms with Gasteiger partial charge in [0.25, 0.3) is 0 Å². The maximum Gasteiger partial charge on any atom is 0.191 e. The molecule has 0 radical (unpaired) electrons. The number of guanidine groups is 1. The molecule has 3 heterocycles. The molecule has 1 aromatic carbocycles. The highest BCUT2D eigenvalue weighted by Crippen LogP contribution is 2.24. The van der Waals surface area contributed by atoms with Crippen LogP contribution in [0.25, 0.3) is 0 Å². The topological polar surface area (TPSA) is 65.0 Å². The van der Waals surface area contributed by atoms with Gasteiger partial charge in [-0.2, -0.15) is 0 Å². The molecular formula is C24H34N6O. The van der Waals surface area contributed by atoms with E-state index in [1.807, 2.05) is 19.3 Å². The van der Waals surface area contributed by atoms with Gasteiger partial charge in [-0.3, -0.25) is 9.89 Å². The molecule has 4 rings (SSSR count). The first-order valence-electron chi connectivity index (χ1n) is 11.4. The van der Waals surface area contributed by atoms with Crippen LogP contribution in [0.1, 0.15) is 30.0 Å². The fraction of sp³-hybridized carbons (Fsp3) is 0.500. The number of aromatic nitrogens is 1. The summed E-state index contributed by atoms with van der Waals surface area (Å²) in [5, 5.41) is 7.04. The summed E-state index contributed by atoms with van der Waals surface area (Å²) < 4.78 is 5.49. The summed E-state index contributed by atoms with van der Waals surface area (Å²) in [6.07, 6.45) is 4.42. The molecule has 0 amide bonds. The van der Waals surface area contributed by atoms with Crippen molar-refractivity contribution in [3.05, 3.63) is 59.8 Å². The molecular weight excluding hydrogens is 388 g/mol. The van der Waals surface area contributed by atoms with Crippen LogP contribution in [-0.4, -0.2) is 68.8 Å². The van der Waals surface area contributed by atoms with Crippen LogP contribution in [0.5, 0.6) is 0 Å². The molecule has 0 spiro atoms. The van der Waals surface area contributed by atoms with Crippen LogP contribution in [0.3, 0.4) is 0 Å². The van der Waals surface area contributed by atoms with E-state index in [9.17, 15) is 0 Å². The summed E-state index contributed by atoms with van der Waals surface area (Å²) in [7, 11) is 1.83. The van der Waals surface area contributed by atoms with Gasteiger partial charge in [-0.15, -0.1) is 0 Å². The van der Waals surface area contributed by atoms with E-state index in [-0.39, 0.29) is 0 Å². The number of hydrogen-bond acceptors (Lipinski definition) is 5. The van der Waals surface area contributed by atoms with Crippen LogP contribution in [-0.2, 0) is 11.3 Å². The van der Waals surface area contributed by atoms with Crippen LogP contribution in [0, 0.1) is 0 Å². The number of nitrogens with zero attached hydrogens (tertiary/aromatic N) is 4. The van der Waals surface area contributed by atoms with Crippen LogP contribution in [0.2, 0.25) is 0 Å². The molecule has 7 heteroatoms. The monoisotopic (exact) mass is 422 g/mol. The Labute approximate surface area is 185 Å². The third-order valence-corrected chi connectivity index (χ3v) is 6.08. The van der Waals surface area contributed by atoms with Gasteiger partial charge in [0.15, 0.2) is 5.96 Å². The Morgan fingerprint density at radius 2 is 1.81 bits per heavy atom. The largest absolute Gasteiger partial charge is 0.378 e. The summed E-state index contributed by atoms with van der Waals surface area (Å²) in [5.74, 6) is 1.85. The van der Waals surface area contributed by atoms with Gasteiger partial charge in [0.2, 0.25) is 0 Å². The first kappa shape index (κ1) is 21.6. The Morgan fingerprint density at radius 3 is 2.55 bits per heavy atom. The zero-order chi connectivity index (χ0) is 21.3. The third kappa shape index (κ3) is 5.74. The van der Waals surface area contributed by atoms with Crippen molar-refractivity contribution < 1.29 is 4.74 Å². The van der Waals surface area contributed by atoms with Crippen LogP contribution < -0.4 is 15.5 Å². The molecule has 2 saturated heterocycles. The lowest BCUT2D eigenvalue weighted by Gasteiger charge is -2.30. The van der Waals surface area contributed by atoms with E-state index in [0.717, 1.165) is 57.7 Å². The molecule has 2 aliphatic rings. The quantitative estimate of drug-likeness (QED) is 0.528. The molecule has 166 valence electrons. The summed E-state index contributed by atoms with van der Waals surface area (Å²) >= 11 is 0. The summed E-state index contributed by atoms with van der Waals surface area (Å²) in [6, 6.07) is 15.3. The highest BCUT2D eigenvalue weighted by Gasteiger charge is 2.23. The molecule has 2 N–H and O–H groups in total. The second kappa shape index (κ2) is 11.1. The van der Waals surface area contributed by atoms with Gasteiger partial charge in [-0.1, -0.05) is 36.4 Å². The molecule has 2 aliphatic heterocycles. The zero-order valence-electron chi connectivity index (χ0n) is 18.5. The normalized spacial score (nSPS) is 18.7. The van der Waals surface area contributed by atoms with Crippen molar-refractivity contribution in [2.24, 2.45) is 4.99 Å². The molecule has 2 aromatic rings. The fourth-order valence-electron chi connectivity index (χ4n) is 4.41. The fourth-order valence-corrected chi connectivity index (χ4v) is 4.41. The van der Waals surface area contributed by atoms with Gasteiger partial charge in [0.05, 0.1) is 19.3 Å². The molecule has 0 aliphatic carbocycles. The molecule has 1 atom stereocenters. The highest BCUT2D eigenvalue weighted by atomic mass is 16.5. The Balaban J connectivity index is 1.37. The third-order valence-electron chi connectivity index (χ3n) is 6.08. The van der Waals surface area contributed by atoms with Crippen LogP contribution in [0.4, 0.5) is 5.82 Å². The van der Waals surface area contributed by atoms with Crippen molar-refractivity contribution in [2.75, 3.05) is 57.9 Å². The number of hydrogen-bond donors (Lipinski definition) is 2. The van der Waals surface area contributed by atoms with Gasteiger partial charge in [-0.25, -0.2) is 4.98 Å². The average Bonchev–Trinajstić information content (AvgIpc) is 3.37. The summed E-state index contributed by atoms with van der Waals surface area (Å²) in [6.45, 7) is 7.09. The van der Waals surface area contributed by atoms with Crippen molar-refractivity contribution in [3.63, 3.8) is 0 Å². The molecule has 7 nitrogen and oxygen atoms in total. The predicted octanol–water partition coefficient (Wildman–Crippen LogP) is 2.42. The van der Waals surface area contributed by atoms with E-state index in [2.05, 4.69) is 66.8 Å². The predicted molar refractivity (Wildman–Crippen MR) is 125 cm³/mol. The Morgan fingerprint density at radius 1 is 1.03 bits per heavy atom. The SMILES string of the molecule is CN=C(NCc1cccnc1N1CCOCC1)NCC(c1ccccc1)N1CCCC1. The number of morpholine rings is 1. The van der Waals surface area contributed by atoms with Crippen molar-refractivity contribution >= 4 is 11.8 Å². The smallest absolute Gasteiger partial charge is 0.191 e. The first-order valence-corrected chi connectivity index (χ1v) is 11.4. The number of rotatable bonds is 7. The lowest BCUT2D eigenvalue weighted by molar-refractivity contribution is 0.122. The van der Waals surface area contributed by atoms with E-state index in [1.54, 1.807) is 0 Å². The standard InChI is InChI=1S/C24H34N6O/c1-25-24(27-18-21-10-7-11-26-23(21)30-14-16-31-17-15-30)28-19-22(29-12-5-6-13-29)20-8-3-2-4-9-20/h2-4,7-11,22H,5-6,12-19H2,1H3,(H2,25,27,28). The number of likely N-dealkylation sites (tertiary alicyclic amines) is 1. The van der Waals surface area contributed by atoms with E-state index in [0.29, 0.717) is 12.6 Å². The van der Waals surface area contributed by atoms with Crippen molar-refractivity contribution in [2.45, 2.75) is 25.4 Å². The number of aliphatic imine (C=N–C) groups is 1. The van der Waals surface area contributed by atoms with Crippen LogP contribution in [0.15, 0.2) is 53.7 Å². The second-order valence-electron chi connectivity index (χ2n) is 8.06. The van der Waals surface area contributed by atoms with Crippen molar-refractivity contribution in [3.8, 4) is 0 Å². The van der Waals surface area contributed by atoms with Gasteiger partial charge < -0.3 is 20.3 Å². The number of nitrogens with one attached hydrogen (secondary N) is 2. The lowest BCUT2D eigenvalue weighted by atomic mass is 10.1. The van der Waals surface area contributed by atoms with Crippen molar-refractivity contribution in [1.29, 1.82) is 0 Å². The molecule has 0 saturated carbocycles. The van der Waals surface area contributed by atoms with Gasteiger partial charge >= 0.3 is 0 Å². The number of anilines is 1. The highest BCUT2D eigenvalue weighted by molar-refractivity contribution is 5.79. The zero-order valence-corrected chi connectivity index (χ0v) is 18.5. The maximum atomic E-state index is 5.49.